The van der Waals surface area contributed by atoms with Gasteiger partial charge in [0.25, 0.3) is 0 Å². The van der Waals surface area contributed by atoms with Gasteiger partial charge in [-0.25, -0.2) is 18.4 Å². The smallest absolute Gasteiger partial charge is 0.175 e. The van der Waals surface area contributed by atoms with E-state index in [1.807, 2.05) is 12.1 Å². The molecule has 2 aromatic heterocycles. The van der Waals surface area contributed by atoms with Crippen LogP contribution in [0.2, 0.25) is 0 Å². The molecule has 2 heterocycles. The molecule has 0 unspecified atom stereocenters. The normalized spacial score (nSPS) is 11.5. The highest BCUT2D eigenvalue weighted by Gasteiger charge is 2.07. The molecule has 5 nitrogen and oxygen atoms in total. The largest absolute Gasteiger partial charge is 0.340 e. The lowest BCUT2D eigenvalue weighted by Gasteiger charge is -2.08. The Morgan fingerprint density at radius 1 is 1.09 bits per heavy atom. The van der Waals surface area contributed by atoms with Crippen LogP contribution in [0.25, 0.3) is 10.8 Å². The van der Waals surface area contributed by atoms with E-state index in [2.05, 4.69) is 37.9 Å². The van der Waals surface area contributed by atoms with E-state index < -0.39 is 9.84 Å². The molecule has 0 atom stereocenters. The first kappa shape index (κ1) is 15.2. The Balaban J connectivity index is 1.91. The average Bonchev–Trinajstić information content (AvgIpc) is 2.48. The number of fused-ring (bicyclic) bond motifs is 1. The van der Waals surface area contributed by atoms with Gasteiger partial charge in [0.2, 0.25) is 0 Å². The molecular formula is C15H12IN3O2S. The van der Waals surface area contributed by atoms with Gasteiger partial charge in [0.15, 0.2) is 9.84 Å². The van der Waals surface area contributed by atoms with E-state index >= 15 is 0 Å². The third kappa shape index (κ3) is 3.20. The van der Waals surface area contributed by atoms with Gasteiger partial charge in [0.05, 0.1) is 4.90 Å². The number of sulfone groups is 1. The second-order valence-corrected chi connectivity index (χ2v) is 7.85. The fourth-order valence-corrected chi connectivity index (χ4v) is 3.29. The number of benzene rings is 1. The molecule has 7 heteroatoms. The van der Waals surface area contributed by atoms with E-state index in [4.69, 9.17) is 0 Å². The van der Waals surface area contributed by atoms with Gasteiger partial charge in [-0.05, 0) is 59.0 Å². The SMILES string of the molecule is CS(=O)(=O)c1ccc(Nc2cc3c(I)nccc3cn2)cc1. The molecule has 0 bridgehead atoms. The Morgan fingerprint density at radius 2 is 1.82 bits per heavy atom. The van der Waals surface area contributed by atoms with Crippen molar-refractivity contribution in [3.8, 4) is 0 Å². The third-order valence-electron chi connectivity index (χ3n) is 3.15. The number of halogens is 1. The van der Waals surface area contributed by atoms with Gasteiger partial charge in [-0.1, -0.05) is 0 Å². The first-order valence-electron chi connectivity index (χ1n) is 6.41. The Labute approximate surface area is 141 Å². The van der Waals surface area contributed by atoms with Crippen LogP contribution in [0.5, 0.6) is 0 Å². The van der Waals surface area contributed by atoms with Gasteiger partial charge >= 0.3 is 0 Å². The molecule has 112 valence electrons. The van der Waals surface area contributed by atoms with Crippen molar-refractivity contribution < 1.29 is 8.42 Å². The van der Waals surface area contributed by atoms with Crippen LogP contribution in [0.3, 0.4) is 0 Å². The maximum absolute atomic E-state index is 11.4. The number of nitrogens with one attached hydrogen (secondary N) is 1. The van der Waals surface area contributed by atoms with Crippen molar-refractivity contribution in [3.63, 3.8) is 0 Å². The van der Waals surface area contributed by atoms with E-state index in [-0.39, 0.29) is 0 Å². The molecule has 0 aliphatic heterocycles. The van der Waals surface area contributed by atoms with Crippen molar-refractivity contribution in [2.45, 2.75) is 4.90 Å². The molecule has 1 N–H and O–H groups in total. The number of hydrogen-bond donors (Lipinski definition) is 1. The summed E-state index contributed by atoms with van der Waals surface area (Å²) in [6.07, 6.45) is 4.73. The zero-order chi connectivity index (χ0) is 15.7. The van der Waals surface area contributed by atoms with E-state index in [1.54, 1.807) is 36.7 Å². The summed E-state index contributed by atoms with van der Waals surface area (Å²) in [5.41, 5.74) is 0.776. The Kier molecular flexibility index (Phi) is 4.00. The number of pyridine rings is 2. The summed E-state index contributed by atoms with van der Waals surface area (Å²) in [4.78, 5) is 8.91. The van der Waals surface area contributed by atoms with Gasteiger partial charge in [-0.3, -0.25) is 0 Å². The predicted octanol–water partition coefficient (Wildman–Crippen LogP) is 3.38. The fourth-order valence-electron chi connectivity index (χ4n) is 2.03. The van der Waals surface area contributed by atoms with Crippen LogP contribution in [0, 0.1) is 3.70 Å². The molecule has 0 spiro atoms. The Bertz CT molecular complexity index is 941. The predicted molar refractivity (Wildman–Crippen MR) is 95.1 cm³/mol. The van der Waals surface area contributed by atoms with Crippen molar-refractivity contribution in [2.24, 2.45) is 0 Å². The molecule has 22 heavy (non-hydrogen) atoms. The monoisotopic (exact) mass is 425 g/mol. The number of hydrogen-bond acceptors (Lipinski definition) is 5. The van der Waals surface area contributed by atoms with E-state index in [0.29, 0.717) is 10.7 Å². The summed E-state index contributed by atoms with van der Waals surface area (Å²) in [6.45, 7) is 0. The summed E-state index contributed by atoms with van der Waals surface area (Å²) in [5, 5.41) is 5.21. The molecule has 0 radical (unpaired) electrons. The van der Waals surface area contributed by atoms with Crippen LogP contribution in [-0.4, -0.2) is 24.6 Å². The van der Waals surface area contributed by atoms with E-state index in [1.165, 1.54) is 6.26 Å². The topological polar surface area (TPSA) is 72.0 Å². The number of rotatable bonds is 3. The summed E-state index contributed by atoms with van der Waals surface area (Å²) >= 11 is 2.19. The van der Waals surface area contributed by atoms with Gasteiger partial charge in [-0.15, -0.1) is 0 Å². The molecule has 3 aromatic rings. The maximum Gasteiger partial charge on any atom is 0.175 e. The molecular weight excluding hydrogens is 413 g/mol. The van der Waals surface area contributed by atoms with E-state index in [0.717, 1.165) is 20.2 Å². The summed E-state index contributed by atoms with van der Waals surface area (Å²) in [7, 11) is -3.18. The molecule has 0 saturated carbocycles. The van der Waals surface area contributed by atoms with Crippen molar-refractivity contribution >= 4 is 54.7 Å². The molecule has 1 aromatic carbocycles. The second kappa shape index (κ2) is 5.81. The average molecular weight is 425 g/mol. The van der Waals surface area contributed by atoms with Crippen molar-refractivity contribution in [1.29, 1.82) is 0 Å². The summed E-state index contributed by atoms with van der Waals surface area (Å²) in [5.74, 6) is 0.686. The Hall–Kier alpha value is -1.74. The zero-order valence-corrected chi connectivity index (χ0v) is 14.6. The highest BCUT2D eigenvalue weighted by Crippen LogP contribution is 2.23. The number of anilines is 2. The maximum atomic E-state index is 11.4. The lowest BCUT2D eigenvalue weighted by Crippen LogP contribution is -1.98. The summed E-state index contributed by atoms with van der Waals surface area (Å²) < 4.78 is 23.8. The van der Waals surface area contributed by atoms with Gasteiger partial charge in [0.1, 0.15) is 9.52 Å². The molecule has 0 aliphatic carbocycles. The van der Waals surface area contributed by atoms with Crippen molar-refractivity contribution in [3.05, 3.63) is 52.5 Å². The second-order valence-electron chi connectivity index (χ2n) is 4.81. The minimum atomic E-state index is -3.18. The standard InChI is InChI=1S/C15H12IN3O2S/c1-22(20,21)12-4-2-11(3-5-12)19-14-8-13-10(9-18-14)6-7-17-15(13)16/h2-9H,1H3,(H,18,19). The first-order valence-corrected chi connectivity index (χ1v) is 9.38. The van der Waals surface area contributed by atoms with Crippen LogP contribution in [-0.2, 0) is 9.84 Å². The molecule has 0 aliphatic rings. The molecule has 0 fully saturated rings. The van der Waals surface area contributed by atoms with Gasteiger partial charge < -0.3 is 5.32 Å². The first-order chi connectivity index (χ1) is 10.4. The Morgan fingerprint density at radius 3 is 2.50 bits per heavy atom. The van der Waals surface area contributed by atoms with Crippen LogP contribution in [0.15, 0.2) is 53.7 Å². The summed E-state index contributed by atoms with van der Waals surface area (Å²) in [6, 6.07) is 10.4. The van der Waals surface area contributed by atoms with Crippen LogP contribution >= 0.6 is 22.6 Å². The third-order valence-corrected chi connectivity index (χ3v) is 5.14. The molecule has 3 rings (SSSR count). The van der Waals surface area contributed by atoms with Crippen molar-refractivity contribution in [2.75, 3.05) is 11.6 Å². The number of nitrogens with zero attached hydrogens (tertiary/aromatic N) is 2. The van der Waals surface area contributed by atoms with Crippen molar-refractivity contribution in [1.82, 2.24) is 9.97 Å². The van der Waals surface area contributed by atoms with Crippen LogP contribution < -0.4 is 5.32 Å². The molecule has 0 amide bonds. The zero-order valence-electron chi connectivity index (χ0n) is 11.6. The van der Waals surface area contributed by atoms with E-state index in [9.17, 15) is 8.42 Å². The minimum Gasteiger partial charge on any atom is -0.340 e. The fraction of sp³-hybridized carbons (Fsp3) is 0.0667. The lowest BCUT2D eigenvalue weighted by atomic mass is 10.2. The highest BCUT2D eigenvalue weighted by molar-refractivity contribution is 14.1. The van der Waals surface area contributed by atoms with Crippen LogP contribution in [0.1, 0.15) is 0 Å². The lowest BCUT2D eigenvalue weighted by molar-refractivity contribution is 0.602. The quantitative estimate of drug-likeness (QED) is 0.515. The van der Waals surface area contributed by atoms with Gasteiger partial charge in [0, 0.05) is 35.1 Å². The number of aromatic nitrogens is 2. The molecule has 0 saturated heterocycles. The minimum absolute atomic E-state index is 0.295. The van der Waals surface area contributed by atoms with Crippen LogP contribution in [0.4, 0.5) is 11.5 Å². The highest BCUT2D eigenvalue weighted by atomic mass is 127. The van der Waals surface area contributed by atoms with Gasteiger partial charge in [-0.2, -0.15) is 0 Å².